The molecule has 1 rings (SSSR count). The molecule has 1 radical (unpaired) electrons. The van der Waals surface area contributed by atoms with Crippen LogP contribution in [-0.2, 0) is 20.1 Å². The molecule has 0 aromatic rings. The zero-order valence-electron chi connectivity index (χ0n) is 14.8. The summed E-state index contributed by atoms with van der Waals surface area (Å²) in [5.74, 6) is 4.53. The van der Waals surface area contributed by atoms with Crippen molar-refractivity contribution in [1.29, 1.82) is 10.5 Å². The van der Waals surface area contributed by atoms with Crippen LogP contribution in [0.25, 0.3) is 0 Å². The smallest absolute Gasteiger partial charge is 0.0587 e. The molecule has 1 aliphatic rings. The molecule has 0 aromatic carbocycles. The number of rotatable bonds is 3. The van der Waals surface area contributed by atoms with E-state index >= 15 is 0 Å². The quantitative estimate of drug-likeness (QED) is 0.619. The summed E-state index contributed by atoms with van der Waals surface area (Å²) in [6.45, 7) is 13.4. The summed E-state index contributed by atoms with van der Waals surface area (Å²) >= 11 is 0. The summed E-state index contributed by atoms with van der Waals surface area (Å²) in [5.41, 5.74) is 5.57. The predicted octanol–water partition coefficient (Wildman–Crippen LogP) is 4.41. The van der Waals surface area contributed by atoms with Crippen molar-refractivity contribution < 1.29 is 20.1 Å². The van der Waals surface area contributed by atoms with Crippen molar-refractivity contribution in [3.05, 3.63) is 7.43 Å². The monoisotopic (exact) mass is 473 g/mol. The van der Waals surface area contributed by atoms with Gasteiger partial charge in [-0.1, -0.05) is 27.7 Å². The van der Waals surface area contributed by atoms with Gasteiger partial charge in [-0.25, -0.2) is 0 Å². The van der Waals surface area contributed by atoms with Crippen molar-refractivity contribution in [3.8, 4) is 12.1 Å². The molecule has 0 heterocycles. The molecule has 127 valence electrons. The van der Waals surface area contributed by atoms with Crippen LogP contribution < -0.4 is 5.73 Å². The Hall–Kier alpha value is -0.411. The topological polar surface area (TPSA) is 73.6 Å². The Labute approximate surface area is 146 Å². The number of nitrogens with zero attached hydrogens (tertiary/aromatic N) is 2. The summed E-state index contributed by atoms with van der Waals surface area (Å²) < 4.78 is 0. The van der Waals surface area contributed by atoms with Gasteiger partial charge in [0.05, 0.1) is 12.1 Å². The maximum Gasteiger partial charge on any atom is 0.0587 e. The van der Waals surface area contributed by atoms with Crippen LogP contribution in [-0.4, -0.2) is 6.54 Å². The van der Waals surface area contributed by atoms with E-state index in [1.54, 1.807) is 12.1 Å². The molecule has 0 aromatic heterocycles. The van der Waals surface area contributed by atoms with Gasteiger partial charge in [-0.2, -0.15) is 10.5 Å². The van der Waals surface area contributed by atoms with E-state index in [2.05, 4.69) is 27.7 Å². The van der Waals surface area contributed by atoms with Gasteiger partial charge in [-0.3, -0.25) is 0 Å². The summed E-state index contributed by atoms with van der Waals surface area (Å²) in [4.78, 5) is 0. The maximum absolute atomic E-state index is 7.32. The van der Waals surface area contributed by atoms with Gasteiger partial charge in [0.25, 0.3) is 0 Å². The van der Waals surface area contributed by atoms with E-state index in [0.29, 0.717) is 0 Å². The van der Waals surface area contributed by atoms with Crippen LogP contribution >= 0.6 is 0 Å². The fourth-order valence-electron chi connectivity index (χ4n) is 3.10. The second-order valence-electron chi connectivity index (χ2n) is 5.48. The Morgan fingerprint density at radius 1 is 0.857 bits per heavy atom. The third-order valence-electron chi connectivity index (χ3n) is 4.58. The Morgan fingerprint density at radius 3 is 1.38 bits per heavy atom. The summed E-state index contributed by atoms with van der Waals surface area (Å²) in [7, 11) is 0. The standard InChI is InChI=1S/C12H25N.2C2H3N.CH3.Ir/c1-8-9(2)11(4)12(10(8)3)6-5-7-13;2*1-2-3;;/h8-12H,5-7,13H2,1-4H3;2*1H3;1H3;/q;;;-1;. The Balaban J connectivity index is -0.000000157. The van der Waals surface area contributed by atoms with Gasteiger partial charge in [0.15, 0.2) is 0 Å². The van der Waals surface area contributed by atoms with Crippen LogP contribution in [0.2, 0.25) is 0 Å². The van der Waals surface area contributed by atoms with E-state index in [4.69, 9.17) is 16.3 Å². The number of hydrogen-bond donors (Lipinski definition) is 1. The van der Waals surface area contributed by atoms with Gasteiger partial charge in [0.1, 0.15) is 0 Å². The molecule has 4 atom stereocenters. The molecular weight excluding hydrogens is 438 g/mol. The van der Waals surface area contributed by atoms with Crippen LogP contribution in [0.15, 0.2) is 0 Å². The Morgan fingerprint density at radius 2 is 1.14 bits per heavy atom. The average molecular weight is 473 g/mol. The number of hydrogen-bond acceptors (Lipinski definition) is 3. The first-order chi connectivity index (χ1) is 8.92. The van der Waals surface area contributed by atoms with Gasteiger partial charge in [0.2, 0.25) is 0 Å². The molecule has 0 spiro atoms. The SMILES string of the molecule is CC#N.CC#N.CC1C(C)C(C)C(CCCN)C1C.[CH3-].[Ir]. The molecule has 1 fully saturated rings. The second-order valence-corrected chi connectivity index (χ2v) is 5.48. The molecule has 0 saturated heterocycles. The molecule has 0 amide bonds. The van der Waals surface area contributed by atoms with Crippen LogP contribution in [0, 0.1) is 59.7 Å². The zero-order valence-corrected chi connectivity index (χ0v) is 17.2. The van der Waals surface area contributed by atoms with Crippen LogP contribution in [0.3, 0.4) is 0 Å². The van der Waals surface area contributed by atoms with Crippen molar-refractivity contribution in [3.63, 3.8) is 0 Å². The van der Waals surface area contributed by atoms with E-state index in [1.165, 1.54) is 26.7 Å². The minimum atomic E-state index is 0. The molecule has 1 saturated carbocycles. The van der Waals surface area contributed by atoms with Crippen molar-refractivity contribution in [2.24, 2.45) is 35.3 Å². The minimum absolute atomic E-state index is 0. The van der Waals surface area contributed by atoms with E-state index in [9.17, 15) is 0 Å². The summed E-state index contributed by atoms with van der Waals surface area (Å²) in [6.07, 6.45) is 2.55. The molecule has 4 heteroatoms. The van der Waals surface area contributed by atoms with Crippen LogP contribution in [0.5, 0.6) is 0 Å². The number of nitrogens with two attached hydrogens (primary N) is 1. The summed E-state index contributed by atoms with van der Waals surface area (Å²) in [5, 5.41) is 14.6. The van der Waals surface area contributed by atoms with Crippen LogP contribution in [0.4, 0.5) is 0 Å². The fraction of sp³-hybridized carbons (Fsp3) is 0.824. The first-order valence-electron chi connectivity index (χ1n) is 7.24. The first kappa shape index (κ1) is 28.7. The zero-order chi connectivity index (χ0) is 15.4. The van der Waals surface area contributed by atoms with Gasteiger partial charge in [0, 0.05) is 34.0 Å². The largest absolute Gasteiger partial charge is 0.358 e. The van der Waals surface area contributed by atoms with E-state index < -0.39 is 0 Å². The van der Waals surface area contributed by atoms with Gasteiger partial charge in [-0.15, -0.1) is 0 Å². The van der Waals surface area contributed by atoms with Gasteiger partial charge < -0.3 is 13.2 Å². The molecule has 0 bridgehead atoms. The Bertz CT molecular complexity index is 267. The normalized spacial score (nSPS) is 28.9. The number of nitriles is 2. The molecule has 3 nitrogen and oxygen atoms in total. The molecule has 1 aliphatic carbocycles. The summed E-state index contributed by atoms with van der Waals surface area (Å²) in [6, 6.07) is 3.50. The first-order valence-corrected chi connectivity index (χ1v) is 7.24. The minimum Gasteiger partial charge on any atom is -0.358 e. The second kappa shape index (κ2) is 17.6. The third kappa shape index (κ3) is 10.9. The molecule has 21 heavy (non-hydrogen) atoms. The van der Waals surface area contributed by atoms with Crippen molar-refractivity contribution in [2.75, 3.05) is 6.54 Å². The predicted molar refractivity (Wildman–Crippen MR) is 87.4 cm³/mol. The van der Waals surface area contributed by atoms with Gasteiger partial charge in [-0.05, 0) is 49.0 Å². The van der Waals surface area contributed by atoms with Gasteiger partial charge >= 0.3 is 0 Å². The van der Waals surface area contributed by atoms with E-state index in [0.717, 1.165) is 36.1 Å². The molecular formula is C17H34IrN3-. The Kier molecular flexibility index (Phi) is 24.1. The van der Waals surface area contributed by atoms with E-state index in [1.807, 2.05) is 0 Å². The third-order valence-corrected chi connectivity index (χ3v) is 4.58. The van der Waals surface area contributed by atoms with Crippen molar-refractivity contribution in [2.45, 2.75) is 54.4 Å². The van der Waals surface area contributed by atoms with Crippen LogP contribution in [0.1, 0.15) is 54.4 Å². The molecule has 0 aliphatic heterocycles. The maximum atomic E-state index is 7.32. The van der Waals surface area contributed by atoms with Crippen molar-refractivity contribution in [1.82, 2.24) is 0 Å². The van der Waals surface area contributed by atoms with E-state index in [-0.39, 0.29) is 27.5 Å². The average Bonchev–Trinajstić information content (AvgIpc) is 2.54. The van der Waals surface area contributed by atoms with Crippen molar-refractivity contribution >= 4 is 0 Å². The molecule has 4 unspecified atom stereocenters. The fourth-order valence-corrected chi connectivity index (χ4v) is 3.10. The molecule has 2 N–H and O–H groups in total.